The summed E-state index contributed by atoms with van der Waals surface area (Å²) in [6.07, 6.45) is 1.98. The Balaban J connectivity index is 2.24. The Kier molecular flexibility index (Phi) is 4.61. The molecule has 0 aliphatic rings. The molecule has 0 spiro atoms. The van der Waals surface area contributed by atoms with Gasteiger partial charge >= 0.3 is 0 Å². The van der Waals surface area contributed by atoms with Crippen LogP contribution in [0.15, 0.2) is 24.4 Å². The van der Waals surface area contributed by atoms with E-state index in [1.807, 2.05) is 6.20 Å². The van der Waals surface area contributed by atoms with Gasteiger partial charge in [0.2, 0.25) is 0 Å². The highest BCUT2D eigenvalue weighted by atomic mass is 15.1. The van der Waals surface area contributed by atoms with Crippen molar-refractivity contribution in [3.05, 3.63) is 52.6 Å². The van der Waals surface area contributed by atoms with Crippen LogP contribution in [0.1, 0.15) is 42.1 Å². The molecular formula is C17H25N3. The van der Waals surface area contributed by atoms with E-state index < -0.39 is 0 Å². The van der Waals surface area contributed by atoms with Gasteiger partial charge in [-0.3, -0.25) is 0 Å². The van der Waals surface area contributed by atoms with Crippen molar-refractivity contribution in [1.29, 1.82) is 0 Å². The smallest absolute Gasteiger partial charge is 0.106 e. The summed E-state index contributed by atoms with van der Waals surface area (Å²) in [7, 11) is 0. The van der Waals surface area contributed by atoms with Crippen molar-refractivity contribution in [1.82, 2.24) is 14.9 Å². The lowest BCUT2D eigenvalue weighted by Gasteiger charge is -2.14. The molecule has 20 heavy (non-hydrogen) atoms. The van der Waals surface area contributed by atoms with Crippen molar-refractivity contribution in [2.24, 2.45) is 0 Å². The number of aromatic nitrogens is 2. The number of nitrogens with zero attached hydrogens (tertiary/aromatic N) is 2. The number of aryl methyl sites for hydroxylation is 3. The van der Waals surface area contributed by atoms with Crippen LogP contribution < -0.4 is 5.32 Å². The van der Waals surface area contributed by atoms with Crippen LogP contribution >= 0.6 is 0 Å². The van der Waals surface area contributed by atoms with Crippen LogP contribution in [0, 0.1) is 20.8 Å². The van der Waals surface area contributed by atoms with E-state index in [1.165, 1.54) is 22.4 Å². The lowest BCUT2D eigenvalue weighted by atomic mass is 10.1. The van der Waals surface area contributed by atoms with E-state index >= 15 is 0 Å². The van der Waals surface area contributed by atoms with Gasteiger partial charge in [0.25, 0.3) is 0 Å². The van der Waals surface area contributed by atoms with Gasteiger partial charge in [0.15, 0.2) is 0 Å². The first kappa shape index (κ1) is 14.8. The van der Waals surface area contributed by atoms with Gasteiger partial charge in [-0.05, 0) is 31.9 Å². The third-order valence-electron chi connectivity index (χ3n) is 3.66. The molecule has 1 N–H and O–H groups in total. The van der Waals surface area contributed by atoms with Crippen LogP contribution in [-0.2, 0) is 13.1 Å². The van der Waals surface area contributed by atoms with Crippen molar-refractivity contribution in [2.45, 2.75) is 53.8 Å². The Hall–Kier alpha value is -1.61. The summed E-state index contributed by atoms with van der Waals surface area (Å²) in [6, 6.07) is 7.12. The molecule has 1 aromatic heterocycles. The highest BCUT2D eigenvalue weighted by Crippen LogP contribution is 2.15. The minimum absolute atomic E-state index is 0.486. The number of hydrogen-bond donors (Lipinski definition) is 1. The fourth-order valence-corrected chi connectivity index (χ4v) is 2.32. The van der Waals surface area contributed by atoms with Gasteiger partial charge in [0, 0.05) is 25.3 Å². The lowest BCUT2D eigenvalue weighted by molar-refractivity contribution is 0.561. The Morgan fingerprint density at radius 2 is 1.95 bits per heavy atom. The summed E-state index contributed by atoms with van der Waals surface area (Å²) in [4.78, 5) is 4.47. The molecule has 108 valence electrons. The second-order valence-corrected chi connectivity index (χ2v) is 5.85. The highest BCUT2D eigenvalue weighted by molar-refractivity contribution is 5.31. The van der Waals surface area contributed by atoms with E-state index in [1.54, 1.807) is 0 Å². The maximum Gasteiger partial charge on any atom is 0.106 e. The predicted octanol–water partition coefficient (Wildman–Crippen LogP) is 3.35. The SMILES string of the molecule is Cc1ccc(C)c(Cn2c(CNC(C)C)cnc2C)c1. The van der Waals surface area contributed by atoms with E-state index in [0.29, 0.717) is 6.04 Å². The van der Waals surface area contributed by atoms with Gasteiger partial charge in [-0.1, -0.05) is 37.6 Å². The van der Waals surface area contributed by atoms with Gasteiger partial charge in [-0.15, -0.1) is 0 Å². The van der Waals surface area contributed by atoms with Crippen LogP contribution in [0.3, 0.4) is 0 Å². The standard InChI is InChI=1S/C17H25N3/c1-12(2)18-9-17-10-19-15(5)20(17)11-16-8-13(3)6-7-14(16)4/h6-8,10,12,18H,9,11H2,1-5H3. The summed E-state index contributed by atoms with van der Waals surface area (Å²) in [5.41, 5.74) is 5.27. The lowest BCUT2D eigenvalue weighted by Crippen LogP contribution is -2.23. The molecule has 0 aliphatic heterocycles. The number of hydrogen-bond acceptors (Lipinski definition) is 2. The molecule has 0 bridgehead atoms. The van der Waals surface area contributed by atoms with Crippen molar-refractivity contribution >= 4 is 0 Å². The molecule has 3 nitrogen and oxygen atoms in total. The Bertz CT molecular complexity index is 582. The van der Waals surface area contributed by atoms with Crippen LogP contribution in [0.2, 0.25) is 0 Å². The van der Waals surface area contributed by atoms with Gasteiger partial charge in [0.05, 0.1) is 5.69 Å². The van der Waals surface area contributed by atoms with E-state index in [4.69, 9.17) is 0 Å². The average molecular weight is 271 g/mol. The molecule has 2 aromatic rings. The van der Waals surface area contributed by atoms with E-state index in [-0.39, 0.29) is 0 Å². The molecule has 0 unspecified atom stereocenters. The maximum absolute atomic E-state index is 4.47. The third-order valence-corrected chi connectivity index (χ3v) is 3.66. The fourth-order valence-electron chi connectivity index (χ4n) is 2.32. The van der Waals surface area contributed by atoms with Crippen LogP contribution in [-0.4, -0.2) is 15.6 Å². The molecule has 0 atom stereocenters. The molecule has 0 saturated carbocycles. The van der Waals surface area contributed by atoms with Crippen molar-refractivity contribution in [3.63, 3.8) is 0 Å². The summed E-state index contributed by atoms with van der Waals surface area (Å²) in [6.45, 7) is 12.5. The molecule has 3 heteroatoms. The zero-order valence-corrected chi connectivity index (χ0v) is 13.2. The number of rotatable bonds is 5. The Morgan fingerprint density at radius 1 is 1.20 bits per heavy atom. The molecule has 1 heterocycles. The first-order valence-electron chi connectivity index (χ1n) is 7.28. The average Bonchev–Trinajstić information content (AvgIpc) is 2.73. The normalized spacial score (nSPS) is 11.3. The predicted molar refractivity (Wildman–Crippen MR) is 84.0 cm³/mol. The minimum atomic E-state index is 0.486. The number of benzene rings is 1. The topological polar surface area (TPSA) is 29.9 Å². The summed E-state index contributed by atoms with van der Waals surface area (Å²) in [5.74, 6) is 1.08. The molecule has 0 aliphatic carbocycles. The van der Waals surface area contributed by atoms with Gasteiger partial charge < -0.3 is 9.88 Å². The molecule has 0 radical (unpaired) electrons. The highest BCUT2D eigenvalue weighted by Gasteiger charge is 2.09. The van der Waals surface area contributed by atoms with Crippen LogP contribution in [0.5, 0.6) is 0 Å². The van der Waals surface area contributed by atoms with Gasteiger partial charge in [0.1, 0.15) is 5.82 Å². The second-order valence-electron chi connectivity index (χ2n) is 5.85. The second kappa shape index (κ2) is 6.23. The summed E-state index contributed by atoms with van der Waals surface area (Å²) < 4.78 is 2.30. The quantitative estimate of drug-likeness (QED) is 0.903. The van der Waals surface area contributed by atoms with E-state index in [0.717, 1.165) is 18.9 Å². The Morgan fingerprint density at radius 3 is 2.65 bits per heavy atom. The van der Waals surface area contributed by atoms with Crippen LogP contribution in [0.25, 0.3) is 0 Å². The van der Waals surface area contributed by atoms with E-state index in [9.17, 15) is 0 Å². The van der Waals surface area contributed by atoms with Crippen molar-refractivity contribution < 1.29 is 0 Å². The van der Waals surface area contributed by atoms with Crippen molar-refractivity contribution in [3.8, 4) is 0 Å². The largest absolute Gasteiger partial charge is 0.327 e. The summed E-state index contributed by atoms with van der Waals surface area (Å²) >= 11 is 0. The molecule has 0 amide bonds. The zero-order chi connectivity index (χ0) is 14.7. The number of imidazole rings is 1. The molecule has 1 aromatic carbocycles. The monoisotopic (exact) mass is 271 g/mol. The first-order valence-corrected chi connectivity index (χ1v) is 7.28. The maximum atomic E-state index is 4.47. The molecule has 2 rings (SSSR count). The summed E-state index contributed by atoms with van der Waals surface area (Å²) in [5, 5.41) is 3.47. The third kappa shape index (κ3) is 3.48. The first-order chi connectivity index (χ1) is 9.47. The van der Waals surface area contributed by atoms with Crippen molar-refractivity contribution in [2.75, 3.05) is 0 Å². The molecule has 0 saturated heterocycles. The van der Waals surface area contributed by atoms with Gasteiger partial charge in [-0.2, -0.15) is 0 Å². The zero-order valence-electron chi connectivity index (χ0n) is 13.2. The Labute approximate surface area is 122 Å². The van der Waals surface area contributed by atoms with Crippen LogP contribution in [0.4, 0.5) is 0 Å². The number of nitrogens with one attached hydrogen (secondary N) is 1. The van der Waals surface area contributed by atoms with E-state index in [2.05, 4.69) is 67.7 Å². The minimum Gasteiger partial charge on any atom is -0.327 e. The molecule has 0 fully saturated rings. The fraction of sp³-hybridized carbons (Fsp3) is 0.471. The van der Waals surface area contributed by atoms with Gasteiger partial charge in [-0.25, -0.2) is 4.98 Å². The molecular weight excluding hydrogens is 246 g/mol.